The Labute approximate surface area is 143 Å². The molecule has 4 heteroatoms. The van der Waals surface area contributed by atoms with Gasteiger partial charge in [0.05, 0.1) is 5.92 Å². The largest absolute Gasteiger partial charge is 0.481 e. The standard InChI is InChI=1S/C20H24N2O2/c1-15-6-2-3-8-18(15)19(14-17-7-4-5-11-21-17)22-12-9-16(10-13-22)20(23)24/h2-8,11,16,19H,9-10,12-14H2,1H3,(H,23,24). The predicted octanol–water partition coefficient (Wildman–Crippen LogP) is 3.47. The van der Waals surface area contributed by atoms with Gasteiger partial charge in [-0.3, -0.25) is 14.7 Å². The predicted molar refractivity (Wildman–Crippen MR) is 93.8 cm³/mol. The summed E-state index contributed by atoms with van der Waals surface area (Å²) in [6, 6.07) is 14.7. The Morgan fingerprint density at radius 1 is 1.21 bits per heavy atom. The van der Waals surface area contributed by atoms with Gasteiger partial charge in [-0.1, -0.05) is 30.3 Å². The number of carbonyl (C=O) groups is 1. The van der Waals surface area contributed by atoms with Crippen LogP contribution in [0.25, 0.3) is 0 Å². The van der Waals surface area contributed by atoms with Gasteiger partial charge in [0.25, 0.3) is 0 Å². The first-order chi connectivity index (χ1) is 11.6. The third-order valence-electron chi connectivity index (χ3n) is 5.00. The van der Waals surface area contributed by atoms with Crippen LogP contribution in [0.15, 0.2) is 48.7 Å². The Balaban J connectivity index is 1.83. The van der Waals surface area contributed by atoms with Crippen molar-refractivity contribution >= 4 is 5.97 Å². The van der Waals surface area contributed by atoms with Crippen LogP contribution in [0.4, 0.5) is 0 Å². The molecule has 1 aromatic carbocycles. The van der Waals surface area contributed by atoms with E-state index >= 15 is 0 Å². The van der Waals surface area contributed by atoms with E-state index in [2.05, 4.69) is 47.1 Å². The third kappa shape index (κ3) is 3.82. The minimum Gasteiger partial charge on any atom is -0.481 e. The first kappa shape index (κ1) is 16.7. The molecule has 0 radical (unpaired) electrons. The summed E-state index contributed by atoms with van der Waals surface area (Å²) < 4.78 is 0. The summed E-state index contributed by atoms with van der Waals surface area (Å²) in [5, 5.41) is 9.23. The van der Waals surface area contributed by atoms with E-state index in [1.807, 2.05) is 18.3 Å². The molecule has 0 spiro atoms. The number of carboxylic acids is 1. The molecule has 126 valence electrons. The van der Waals surface area contributed by atoms with Crippen LogP contribution in [-0.2, 0) is 11.2 Å². The number of aryl methyl sites for hydroxylation is 1. The molecule has 1 N–H and O–H groups in total. The van der Waals surface area contributed by atoms with E-state index in [1.54, 1.807) is 0 Å². The Bertz CT molecular complexity index is 679. The van der Waals surface area contributed by atoms with Crippen molar-refractivity contribution in [2.24, 2.45) is 5.92 Å². The van der Waals surface area contributed by atoms with Gasteiger partial charge in [-0.15, -0.1) is 0 Å². The number of aromatic nitrogens is 1. The van der Waals surface area contributed by atoms with E-state index in [1.165, 1.54) is 11.1 Å². The number of hydrogen-bond acceptors (Lipinski definition) is 3. The highest BCUT2D eigenvalue weighted by Crippen LogP contribution is 2.31. The monoisotopic (exact) mass is 324 g/mol. The van der Waals surface area contributed by atoms with Crippen LogP contribution in [-0.4, -0.2) is 34.0 Å². The summed E-state index contributed by atoms with van der Waals surface area (Å²) in [6.07, 6.45) is 4.13. The van der Waals surface area contributed by atoms with E-state index in [9.17, 15) is 9.90 Å². The molecular formula is C20H24N2O2. The van der Waals surface area contributed by atoms with Gasteiger partial charge in [0.15, 0.2) is 0 Å². The molecule has 0 bridgehead atoms. The zero-order valence-corrected chi connectivity index (χ0v) is 14.1. The number of rotatable bonds is 5. The quantitative estimate of drug-likeness (QED) is 0.915. The number of aliphatic carboxylic acids is 1. The summed E-state index contributed by atoms with van der Waals surface area (Å²) in [4.78, 5) is 18.1. The molecule has 1 atom stereocenters. The van der Waals surface area contributed by atoms with Crippen LogP contribution < -0.4 is 0 Å². The summed E-state index contributed by atoms with van der Waals surface area (Å²) in [6.45, 7) is 3.79. The van der Waals surface area contributed by atoms with Crippen LogP contribution >= 0.6 is 0 Å². The van der Waals surface area contributed by atoms with Gasteiger partial charge in [-0.25, -0.2) is 0 Å². The van der Waals surface area contributed by atoms with Gasteiger partial charge < -0.3 is 5.11 Å². The van der Waals surface area contributed by atoms with Crippen molar-refractivity contribution in [1.29, 1.82) is 0 Å². The number of carboxylic acid groups (broad SMARTS) is 1. The molecule has 1 saturated heterocycles. The lowest BCUT2D eigenvalue weighted by Crippen LogP contribution is -2.39. The SMILES string of the molecule is Cc1ccccc1C(Cc1ccccn1)N1CCC(C(=O)O)CC1. The van der Waals surface area contributed by atoms with E-state index in [-0.39, 0.29) is 12.0 Å². The molecule has 0 aliphatic carbocycles. The number of nitrogens with zero attached hydrogens (tertiary/aromatic N) is 2. The lowest BCUT2D eigenvalue weighted by atomic mass is 9.91. The van der Waals surface area contributed by atoms with Crippen LogP contribution in [0.2, 0.25) is 0 Å². The maximum atomic E-state index is 11.2. The Kier molecular flexibility index (Phi) is 5.26. The minimum atomic E-state index is -0.660. The second kappa shape index (κ2) is 7.58. The van der Waals surface area contributed by atoms with Crippen molar-refractivity contribution in [1.82, 2.24) is 9.88 Å². The molecule has 1 aromatic heterocycles. The molecule has 2 heterocycles. The number of pyridine rings is 1. The molecule has 0 amide bonds. The van der Waals surface area contributed by atoms with E-state index < -0.39 is 5.97 Å². The number of benzene rings is 1. The summed E-state index contributed by atoms with van der Waals surface area (Å²) >= 11 is 0. The molecule has 24 heavy (non-hydrogen) atoms. The van der Waals surface area contributed by atoms with Gasteiger partial charge in [0.2, 0.25) is 0 Å². The van der Waals surface area contributed by atoms with Crippen molar-refractivity contribution in [3.05, 3.63) is 65.5 Å². The second-order valence-electron chi connectivity index (χ2n) is 6.55. The molecule has 1 aliphatic heterocycles. The highest BCUT2D eigenvalue weighted by atomic mass is 16.4. The summed E-state index contributed by atoms with van der Waals surface area (Å²) in [5.41, 5.74) is 3.67. The van der Waals surface area contributed by atoms with Crippen LogP contribution in [0.1, 0.15) is 35.7 Å². The molecule has 1 fully saturated rings. The van der Waals surface area contributed by atoms with E-state index in [0.29, 0.717) is 0 Å². The van der Waals surface area contributed by atoms with Crippen LogP contribution in [0, 0.1) is 12.8 Å². The highest BCUT2D eigenvalue weighted by molar-refractivity contribution is 5.70. The average molecular weight is 324 g/mol. The Morgan fingerprint density at radius 3 is 2.54 bits per heavy atom. The van der Waals surface area contributed by atoms with Crippen molar-refractivity contribution in [2.45, 2.75) is 32.2 Å². The molecule has 0 saturated carbocycles. The van der Waals surface area contributed by atoms with Gasteiger partial charge in [0.1, 0.15) is 0 Å². The van der Waals surface area contributed by atoms with E-state index in [0.717, 1.165) is 38.0 Å². The zero-order valence-electron chi connectivity index (χ0n) is 14.1. The molecule has 1 aliphatic rings. The molecule has 1 unspecified atom stereocenters. The fourth-order valence-corrected chi connectivity index (χ4v) is 3.57. The lowest BCUT2D eigenvalue weighted by molar-refractivity contribution is -0.143. The third-order valence-corrected chi connectivity index (χ3v) is 5.00. The van der Waals surface area contributed by atoms with Gasteiger partial charge in [-0.05, 0) is 56.1 Å². The normalized spacial score (nSPS) is 17.5. The van der Waals surface area contributed by atoms with Crippen molar-refractivity contribution in [3.63, 3.8) is 0 Å². The maximum absolute atomic E-state index is 11.2. The van der Waals surface area contributed by atoms with Crippen LogP contribution in [0.5, 0.6) is 0 Å². The molecule has 4 nitrogen and oxygen atoms in total. The van der Waals surface area contributed by atoms with Crippen LogP contribution in [0.3, 0.4) is 0 Å². The summed E-state index contributed by atoms with van der Waals surface area (Å²) in [5.74, 6) is -0.861. The minimum absolute atomic E-state index is 0.200. The first-order valence-corrected chi connectivity index (χ1v) is 8.57. The van der Waals surface area contributed by atoms with E-state index in [4.69, 9.17) is 0 Å². The highest BCUT2D eigenvalue weighted by Gasteiger charge is 2.30. The topological polar surface area (TPSA) is 53.4 Å². The average Bonchev–Trinajstić information content (AvgIpc) is 2.61. The molecular weight excluding hydrogens is 300 g/mol. The Morgan fingerprint density at radius 2 is 1.92 bits per heavy atom. The maximum Gasteiger partial charge on any atom is 0.306 e. The lowest BCUT2D eigenvalue weighted by Gasteiger charge is -2.37. The summed E-state index contributed by atoms with van der Waals surface area (Å²) in [7, 11) is 0. The number of piperidine rings is 1. The van der Waals surface area contributed by atoms with Crippen molar-refractivity contribution < 1.29 is 9.90 Å². The van der Waals surface area contributed by atoms with Gasteiger partial charge >= 0.3 is 5.97 Å². The number of likely N-dealkylation sites (tertiary alicyclic amines) is 1. The van der Waals surface area contributed by atoms with Gasteiger partial charge in [-0.2, -0.15) is 0 Å². The second-order valence-corrected chi connectivity index (χ2v) is 6.55. The van der Waals surface area contributed by atoms with Crippen molar-refractivity contribution in [3.8, 4) is 0 Å². The Hall–Kier alpha value is -2.20. The first-order valence-electron chi connectivity index (χ1n) is 8.57. The fourth-order valence-electron chi connectivity index (χ4n) is 3.57. The number of hydrogen-bond donors (Lipinski definition) is 1. The molecule has 3 rings (SSSR count). The smallest absolute Gasteiger partial charge is 0.306 e. The molecule has 2 aromatic rings. The zero-order chi connectivity index (χ0) is 16.9. The van der Waals surface area contributed by atoms with Crippen molar-refractivity contribution in [2.75, 3.05) is 13.1 Å². The van der Waals surface area contributed by atoms with Gasteiger partial charge in [0, 0.05) is 24.4 Å². The fraction of sp³-hybridized carbons (Fsp3) is 0.400.